The summed E-state index contributed by atoms with van der Waals surface area (Å²) in [6, 6.07) is 0. The predicted octanol–water partition coefficient (Wildman–Crippen LogP) is 0.569. The van der Waals surface area contributed by atoms with Gasteiger partial charge in [-0.15, -0.1) is 0 Å². The van der Waals surface area contributed by atoms with Gasteiger partial charge in [0.15, 0.2) is 0 Å². The first-order valence-corrected chi connectivity index (χ1v) is 5.06. The summed E-state index contributed by atoms with van der Waals surface area (Å²) in [5.74, 6) is -0.711. The monoisotopic (exact) mass is 227 g/mol. The zero-order valence-corrected chi connectivity index (χ0v) is 9.27. The van der Waals surface area contributed by atoms with E-state index in [-0.39, 0.29) is 0 Å². The second kappa shape index (κ2) is 9.70. The number of amides is 1. The average Bonchev–Trinajstić information content (AvgIpc) is 2.72. The van der Waals surface area contributed by atoms with E-state index >= 15 is 0 Å². The van der Waals surface area contributed by atoms with Gasteiger partial charge < -0.3 is 15.4 Å². The lowest BCUT2D eigenvalue weighted by Gasteiger charge is -1.93. The molecule has 0 spiro atoms. The fraction of sp³-hybridized carbons (Fsp3) is 0.500. The van der Waals surface area contributed by atoms with Crippen molar-refractivity contribution < 1.29 is 14.7 Å². The highest BCUT2D eigenvalue weighted by Crippen LogP contribution is 1.89. The highest BCUT2D eigenvalue weighted by molar-refractivity contribution is 5.66. The van der Waals surface area contributed by atoms with Crippen LogP contribution < -0.4 is 5.32 Å². The minimum Gasteiger partial charge on any atom is -0.481 e. The number of aromatic amines is 1. The number of carboxylic acid groups (broad SMARTS) is 1. The van der Waals surface area contributed by atoms with E-state index in [9.17, 15) is 9.59 Å². The van der Waals surface area contributed by atoms with E-state index in [4.69, 9.17) is 5.11 Å². The molecule has 0 unspecified atom stereocenters. The van der Waals surface area contributed by atoms with Gasteiger partial charge in [0.1, 0.15) is 0 Å². The molecular formula is C10H17N3O3. The predicted molar refractivity (Wildman–Crippen MR) is 58.9 cm³/mol. The number of imidazole rings is 1. The molecule has 3 N–H and O–H groups in total. The summed E-state index contributed by atoms with van der Waals surface area (Å²) in [5.41, 5.74) is 1.04. The molecule has 6 heteroatoms. The number of carbonyl (C=O) groups excluding carboxylic acids is 1. The largest absolute Gasteiger partial charge is 0.481 e. The van der Waals surface area contributed by atoms with Crippen LogP contribution in [0, 0.1) is 0 Å². The van der Waals surface area contributed by atoms with Crippen LogP contribution in [0.4, 0.5) is 0 Å². The summed E-state index contributed by atoms with van der Waals surface area (Å²) in [7, 11) is 0. The quantitative estimate of drug-likeness (QED) is 0.489. The summed E-state index contributed by atoms with van der Waals surface area (Å²) < 4.78 is 0. The van der Waals surface area contributed by atoms with Crippen LogP contribution in [-0.2, 0) is 16.0 Å². The lowest BCUT2D eigenvalue weighted by atomic mass is 10.3. The zero-order chi connectivity index (χ0) is 12.2. The van der Waals surface area contributed by atoms with Crippen LogP contribution in [0.25, 0.3) is 0 Å². The SMILES string of the molecule is CCCC(=O)O.O=CNCCc1cnc[nH]1. The number of rotatable bonds is 6. The fourth-order valence-electron chi connectivity index (χ4n) is 0.901. The molecule has 16 heavy (non-hydrogen) atoms. The molecule has 0 radical (unpaired) electrons. The first kappa shape index (κ1) is 14.2. The third kappa shape index (κ3) is 8.74. The molecule has 1 aromatic heterocycles. The lowest BCUT2D eigenvalue weighted by molar-refractivity contribution is -0.137. The van der Waals surface area contributed by atoms with E-state index in [1.807, 2.05) is 6.92 Å². The van der Waals surface area contributed by atoms with E-state index in [1.165, 1.54) is 0 Å². The molecule has 6 nitrogen and oxygen atoms in total. The Hall–Kier alpha value is -1.85. The molecule has 1 rings (SSSR count). The Morgan fingerprint density at radius 3 is 2.81 bits per heavy atom. The molecule has 0 saturated heterocycles. The average molecular weight is 227 g/mol. The van der Waals surface area contributed by atoms with Crippen molar-refractivity contribution in [1.29, 1.82) is 0 Å². The van der Waals surface area contributed by atoms with Crippen molar-refractivity contribution in [3.63, 3.8) is 0 Å². The van der Waals surface area contributed by atoms with Crippen LogP contribution in [-0.4, -0.2) is 34.0 Å². The van der Waals surface area contributed by atoms with Crippen molar-refractivity contribution in [2.45, 2.75) is 26.2 Å². The van der Waals surface area contributed by atoms with Crippen molar-refractivity contribution >= 4 is 12.4 Å². The zero-order valence-electron chi connectivity index (χ0n) is 9.27. The second-order valence-electron chi connectivity index (χ2n) is 3.04. The molecule has 0 aliphatic heterocycles. The van der Waals surface area contributed by atoms with E-state index in [1.54, 1.807) is 12.5 Å². The minimum atomic E-state index is -0.711. The van der Waals surface area contributed by atoms with Crippen molar-refractivity contribution in [3.05, 3.63) is 18.2 Å². The molecule has 1 aromatic rings. The maximum atomic E-state index is 9.80. The van der Waals surface area contributed by atoms with Crippen LogP contribution in [0.2, 0.25) is 0 Å². The molecule has 1 amide bonds. The number of hydrogen-bond donors (Lipinski definition) is 3. The maximum absolute atomic E-state index is 9.80. The van der Waals surface area contributed by atoms with Crippen LogP contribution in [0.5, 0.6) is 0 Å². The van der Waals surface area contributed by atoms with Crippen LogP contribution in [0.15, 0.2) is 12.5 Å². The molecule has 0 atom stereocenters. The third-order valence-electron chi connectivity index (χ3n) is 1.64. The van der Waals surface area contributed by atoms with Gasteiger partial charge in [0.25, 0.3) is 0 Å². The van der Waals surface area contributed by atoms with Gasteiger partial charge in [0.2, 0.25) is 6.41 Å². The third-order valence-corrected chi connectivity index (χ3v) is 1.64. The van der Waals surface area contributed by atoms with E-state index < -0.39 is 5.97 Å². The first-order valence-electron chi connectivity index (χ1n) is 5.06. The van der Waals surface area contributed by atoms with Crippen molar-refractivity contribution in [2.75, 3.05) is 6.54 Å². The van der Waals surface area contributed by atoms with Gasteiger partial charge in [0.05, 0.1) is 6.33 Å². The highest BCUT2D eigenvalue weighted by Gasteiger charge is 1.90. The second-order valence-corrected chi connectivity index (χ2v) is 3.04. The Kier molecular flexibility index (Phi) is 8.57. The highest BCUT2D eigenvalue weighted by atomic mass is 16.4. The van der Waals surface area contributed by atoms with Crippen molar-refractivity contribution in [1.82, 2.24) is 15.3 Å². The topological polar surface area (TPSA) is 95.1 Å². The molecule has 0 saturated carbocycles. The van der Waals surface area contributed by atoms with Gasteiger partial charge in [-0.05, 0) is 6.42 Å². The molecular weight excluding hydrogens is 210 g/mol. The molecule has 90 valence electrons. The van der Waals surface area contributed by atoms with Crippen LogP contribution in [0.3, 0.4) is 0 Å². The Balaban J connectivity index is 0.000000325. The molecule has 0 aliphatic carbocycles. The van der Waals surface area contributed by atoms with E-state index in [2.05, 4.69) is 15.3 Å². The number of carboxylic acids is 1. The molecule has 0 fully saturated rings. The van der Waals surface area contributed by atoms with Crippen LogP contribution >= 0.6 is 0 Å². The Labute approximate surface area is 94.1 Å². The smallest absolute Gasteiger partial charge is 0.303 e. The lowest BCUT2D eigenvalue weighted by Crippen LogP contribution is -2.14. The summed E-state index contributed by atoms with van der Waals surface area (Å²) >= 11 is 0. The number of aromatic nitrogens is 2. The van der Waals surface area contributed by atoms with Crippen molar-refractivity contribution in [2.24, 2.45) is 0 Å². The standard InChI is InChI=1S/C6H9N3O.C4H8O2/c10-5-7-2-1-6-3-8-4-9-6;1-2-3-4(5)6/h3-5H,1-2H2,(H,7,10)(H,8,9);2-3H2,1H3,(H,5,6). The number of nitrogens with zero attached hydrogens (tertiary/aromatic N) is 1. The Bertz CT molecular complexity index is 286. The molecule has 0 aromatic carbocycles. The fourth-order valence-corrected chi connectivity index (χ4v) is 0.901. The van der Waals surface area contributed by atoms with E-state index in [0.29, 0.717) is 19.4 Å². The maximum Gasteiger partial charge on any atom is 0.303 e. The number of hydrogen-bond acceptors (Lipinski definition) is 3. The summed E-state index contributed by atoms with van der Waals surface area (Å²) in [4.78, 5) is 26.2. The van der Waals surface area contributed by atoms with Crippen molar-refractivity contribution in [3.8, 4) is 0 Å². The normalized spacial score (nSPS) is 8.81. The number of H-pyrrole nitrogens is 1. The summed E-state index contributed by atoms with van der Waals surface area (Å²) in [6.07, 6.45) is 5.88. The van der Waals surface area contributed by atoms with Gasteiger partial charge >= 0.3 is 5.97 Å². The van der Waals surface area contributed by atoms with Gasteiger partial charge in [0, 0.05) is 31.3 Å². The van der Waals surface area contributed by atoms with Gasteiger partial charge in [-0.3, -0.25) is 9.59 Å². The number of aliphatic carboxylic acids is 1. The number of carbonyl (C=O) groups is 2. The molecule has 1 heterocycles. The Morgan fingerprint density at radius 2 is 2.44 bits per heavy atom. The van der Waals surface area contributed by atoms with E-state index in [0.717, 1.165) is 18.5 Å². The summed E-state index contributed by atoms with van der Waals surface area (Å²) in [6.45, 7) is 2.50. The summed E-state index contributed by atoms with van der Waals surface area (Å²) in [5, 5.41) is 10.5. The van der Waals surface area contributed by atoms with Gasteiger partial charge in [-0.25, -0.2) is 4.98 Å². The number of nitrogens with one attached hydrogen (secondary N) is 2. The Morgan fingerprint density at radius 1 is 1.69 bits per heavy atom. The molecule has 0 aliphatic rings. The minimum absolute atomic E-state index is 0.292. The van der Waals surface area contributed by atoms with Crippen LogP contribution in [0.1, 0.15) is 25.5 Å². The van der Waals surface area contributed by atoms with Gasteiger partial charge in [-0.1, -0.05) is 6.92 Å². The molecule has 0 bridgehead atoms. The first-order chi connectivity index (χ1) is 7.70. The van der Waals surface area contributed by atoms with Gasteiger partial charge in [-0.2, -0.15) is 0 Å².